The summed E-state index contributed by atoms with van der Waals surface area (Å²) in [6, 6.07) is 23.0. The Hall–Kier alpha value is -2.28. The van der Waals surface area contributed by atoms with E-state index in [1.54, 1.807) is 0 Å². The monoisotopic (exact) mass is 262 g/mol. The standard InChI is InChI=1S/C19H18O/c1-2-16-12-18(13-17-10-6-7-11-19(16)17)20-14-15-8-4-3-5-9-15/h3-13H,2,14H2,1H3. The minimum Gasteiger partial charge on any atom is -0.489 e. The number of aryl methyl sites for hydroxylation is 1. The van der Waals surface area contributed by atoms with E-state index < -0.39 is 0 Å². The second-order valence-corrected chi connectivity index (χ2v) is 4.93. The van der Waals surface area contributed by atoms with Crippen molar-refractivity contribution >= 4 is 10.8 Å². The molecule has 0 unspecified atom stereocenters. The van der Waals surface area contributed by atoms with Crippen LogP contribution in [0.15, 0.2) is 66.7 Å². The van der Waals surface area contributed by atoms with E-state index in [9.17, 15) is 0 Å². The van der Waals surface area contributed by atoms with Crippen molar-refractivity contribution in [3.8, 4) is 5.75 Å². The van der Waals surface area contributed by atoms with Crippen LogP contribution >= 0.6 is 0 Å². The van der Waals surface area contributed by atoms with Crippen molar-refractivity contribution in [3.05, 3.63) is 77.9 Å². The van der Waals surface area contributed by atoms with Crippen LogP contribution in [0, 0.1) is 0 Å². The Bertz CT molecular complexity index is 701. The van der Waals surface area contributed by atoms with E-state index in [0.29, 0.717) is 6.61 Å². The summed E-state index contributed by atoms with van der Waals surface area (Å²) < 4.78 is 5.94. The van der Waals surface area contributed by atoms with Gasteiger partial charge in [0.1, 0.15) is 12.4 Å². The van der Waals surface area contributed by atoms with Gasteiger partial charge < -0.3 is 4.74 Å². The van der Waals surface area contributed by atoms with Gasteiger partial charge in [-0.25, -0.2) is 0 Å². The van der Waals surface area contributed by atoms with Crippen molar-refractivity contribution in [3.63, 3.8) is 0 Å². The van der Waals surface area contributed by atoms with Gasteiger partial charge in [-0.15, -0.1) is 0 Å². The second kappa shape index (κ2) is 5.79. The molecular formula is C19H18O. The molecule has 0 fully saturated rings. The molecule has 1 heteroatoms. The average molecular weight is 262 g/mol. The summed E-state index contributed by atoms with van der Waals surface area (Å²) in [4.78, 5) is 0. The van der Waals surface area contributed by atoms with Crippen LogP contribution in [0.1, 0.15) is 18.1 Å². The van der Waals surface area contributed by atoms with Gasteiger partial charge >= 0.3 is 0 Å². The number of fused-ring (bicyclic) bond motifs is 1. The largest absolute Gasteiger partial charge is 0.489 e. The molecule has 100 valence electrons. The van der Waals surface area contributed by atoms with Gasteiger partial charge in [0, 0.05) is 0 Å². The molecule has 0 radical (unpaired) electrons. The van der Waals surface area contributed by atoms with Crippen LogP contribution in [0.4, 0.5) is 0 Å². The van der Waals surface area contributed by atoms with Gasteiger partial charge in [0.2, 0.25) is 0 Å². The molecule has 0 aliphatic rings. The Morgan fingerprint density at radius 3 is 2.40 bits per heavy atom. The molecule has 3 aromatic rings. The first-order valence-corrected chi connectivity index (χ1v) is 7.05. The Morgan fingerprint density at radius 1 is 0.850 bits per heavy atom. The molecular weight excluding hydrogens is 244 g/mol. The molecule has 0 aliphatic heterocycles. The molecule has 0 spiro atoms. The van der Waals surface area contributed by atoms with E-state index in [1.807, 2.05) is 18.2 Å². The summed E-state index contributed by atoms with van der Waals surface area (Å²) in [6.07, 6.45) is 1.02. The molecule has 3 aromatic carbocycles. The summed E-state index contributed by atoms with van der Waals surface area (Å²) in [7, 11) is 0. The van der Waals surface area contributed by atoms with E-state index in [0.717, 1.165) is 12.2 Å². The molecule has 0 atom stereocenters. The van der Waals surface area contributed by atoms with Gasteiger partial charge in [0.15, 0.2) is 0 Å². The molecule has 0 aromatic heterocycles. The number of benzene rings is 3. The molecule has 0 saturated carbocycles. The molecule has 20 heavy (non-hydrogen) atoms. The van der Waals surface area contributed by atoms with Crippen molar-refractivity contribution in [2.24, 2.45) is 0 Å². The molecule has 1 nitrogen and oxygen atoms in total. The fourth-order valence-electron chi connectivity index (χ4n) is 2.48. The summed E-state index contributed by atoms with van der Waals surface area (Å²) in [6.45, 7) is 2.80. The third-order valence-electron chi connectivity index (χ3n) is 3.55. The quantitative estimate of drug-likeness (QED) is 0.644. The van der Waals surface area contributed by atoms with Crippen LogP contribution in [-0.4, -0.2) is 0 Å². The van der Waals surface area contributed by atoms with Gasteiger partial charge in [-0.1, -0.05) is 61.5 Å². The highest BCUT2D eigenvalue weighted by Crippen LogP contribution is 2.26. The molecule has 3 rings (SSSR count). The fourth-order valence-corrected chi connectivity index (χ4v) is 2.48. The van der Waals surface area contributed by atoms with Crippen LogP contribution < -0.4 is 4.74 Å². The fraction of sp³-hybridized carbons (Fsp3) is 0.158. The molecule has 0 amide bonds. The van der Waals surface area contributed by atoms with Crippen molar-refractivity contribution in [1.82, 2.24) is 0 Å². The zero-order valence-corrected chi connectivity index (χ0v) is 11.7. The summed E-state index contributed by atoms with van der Waals surface area (Å²) >= 11 is 0. The molecule has 0 heterocycles. The zero-order valence-electron chi connectivity index (χ0n) is 11.7. The highest BCUT2D eigenvalue weighted by atomic mass is 16.5. The third-order valence-corrected chi connectivity index (χ3v) is 3.55. The van der Waals surface area contributed by atoms with Crippen LogP contribution in [-0.2, 0) is 13.0 Å². The first-order valence-electron chi connectivity index (χ1n) is 7.05. The van der Waals surface area contributed by atoms with E-state index in [1.165, 1.54) is 21.9 Å². The van der Waals surface area contributed by atoms with E-state index in [-0.39, 0.29) is 0 Å². The Labute approximate surface area is 119 Å². The highest BCUT2D eigenvalue weighted by molar-refractivity contribution is 5.87. The summed E-state index contributed by atoms with van der Waals surface area (Å²) in [5.74, 6) is 0.949. The lowest BCUT2D eigenvalue weighted by Gasteiger charge is -2.11. The Kier molecular flexibility index (Phi) is 3.69. The maximum Gasteiger partial charge on any atom is 0.120 e. The lowest BCUT2D eigenvalue weighted by molar-refractivity contribution is 0.306. The third kappa shape index (κ3) is 2.67. The van der Waals surface area contributed by atoms with Gasteiger partial charge in [0.25, 0.3) is 0 Å². The first kappa shape index (κ1) is 12.7. The van der Waals surface area contributed by atoms with Crippen LogP contribution in [0.25, 0.3) is 10.8 Å². The van der Waals surface area contributed by atoms with Crippen molar-refractivity contribution in [2.75, 3.05) is 0 Å². The summed E-state index contributed by atoms with van der Waals surface area (Å²) in [5.41, 5.74) is 2.53. The lowest BCUT2D eigenvalue weighted by Crippen LogP contribution is -1.96. The first-order chi connectivity index (χ1) is 9.86. The Morgan fingerprint density at radius 2 is 1.60 bits per heavy atom. The maximum absolute atomic E-state index is 5.94. The number of hydrogen-bond donors (Lipinski definition) is 0. The smallest absolute Gasteiger partial charge is 0.120 e. The van der Waals surface area contributed by atoms with Gasteiger partial charge in [-0.05, 0) is 40.5 Å². The van der Waals surface area contributed by atoms with Crippen LogP contribution in [0.2, 0.25) is 0 Å². The molecule has 0 aliphatic carbocycles. The SMILES string of the molecule is CCc1cc(OCc2ccccc2)cc2ccccc12. The Balaban J connectivity index is 1.88. The maximum atomic E-state index is 5.94. The highest BCUT2D eigenvalue weighted by Gasteiger charge is 2.03. The van der Waals surface area contributed by atoms with Gasteiger partial charge in [-0.2, -0.15) is 0 Å². The van der Waals surface area contributed by atoms with Gasteiger partial charge in [0.05, 0.1) is 0 Å². The normalized spacial score (nSPS) is 10.7. The van der Waals surface area contributed by atoms with Crippen LogP contribution in [0.5, 0.6) is 5.75 Å². The van der Waals surface area contributed by atoms with Gasteiger partial charge in [-0.3, -0.25) is 0 Å². The lowest BCUT2D eigenvalue weighted by atomic mass is 10.0. The van der Waals surface area contributed by atoms with E-state index in [2.05, 4.69) is 55.5 Å². The number of ether oxygens (including phenoxy) is 1. The number of hydrogen-bond acceptors (Lipinski definition) is 1. The average Bonchev–Trinajstić information content (AvgIpc) is 2.53. The number of rotatable bonds is 4. The van der Waals surface area contributed by atoms with Crippen molar-refractivity contribution in [2.45, 2.75) is 20.0 Å². The predicted octanol–water partition coefficient (Wildman–Crippen LogP) is 4.98. The molecule has 0 saturated heterocycles. The van der Waals surface area contributed by atoms with Crippen molar-refractivity contribution in [1.29, 1.82) is 0 Å². The zero-order chi connectivity index (χ0) is 13.8. The van der Waals surface area contributed by atoms with E-state index >= 15 is 0 Å². The second-order valence-electron chi connectivity index (χ2n) is 4.93. The minimum absolute atomic E-state index is 0.613. The predicted molar refractivity (Wildman–Crippen MR) is 84.1 cm³/mol. The van der Waals surface area contributed by atoms with Crippen LogP contribution in [0.3, 0.4) is 0 Å². The molecule has 0 N–H and O–H groups in total. The topological polar surface area (TPSA) is 9.23 Å². The van der Waals surface area contributed by atoms with E-state index in [4.69, 9.17) is 4.74 Å². The van der Waals surface area contributed by atoms with Crippen molar-refractivity contribution < 1.29 is 4.74 Å². The minimum atomic E-state index is 0.613. The summed E-state index contributed by atoms with van der Waals surface area (Å²) in [5, 5.41) is 2.57. The molecule has 0 bridgehead atoms.